The summed E-state index contributed by atoms with van der Waals surface area (Å²) in [7, 11) is 0. The Morgan fingerprint density at radius 2 is 1.96 bits per heavy atom. The Balaban J connectivity index is 1.80. The minimum absolute atomic E-state index is 0.0193. The molecule has 1 amide bonds. The number of thiocarbonyl (C=S) groups is 1. The number of anilines is 1. The van der Waals surface area contributed by atoms with Gasteiger partial charge in [-0.05, 0) is 42.5 Å². The molecule has 11 heteroatoms. The van der Waals surface area contributed by atoms with Crippen LogP contribution in [0.2, 0.25) is 0 Å². The van der Waals surface area contributed by atoms with E-state index in [9.17, 15) is 18.0 Å². The van der Waals surface area contributed by atoms with Gasteiger partial charge in [-0.2, -0.15) is 13.2 Å². The fourth-order valence-corrected chi connectivity index (χ4v) is 2.55. The molecule has 3 rings (SSSR count). The van der Waals surface area contributed by atoms with Gasteiger partial charge >= 0.3 is 6.18 Å². The van der Waals surface area contributed by atoms with Crippen molar-refractivity contribution in [2.75, 3.05) is 5.01 Å². The van der Waals surface area contributed by atoms with Gasteiger partial charge in [-0.25, -0.2) is 9.69 Å². The number of alkyl halides is 3. The van der Waals surface area contributed by atoms with Gasteiger partial charge in [0.05, 0.1) is 16.8 Å². The second-order valence-corrected chi connectivity index (χ2v) is 5.91. The molecule has 0 saturated heterocycles. The number of hydrogen-bond acceptors (Lipinski definition) is 4. The van der Waals surface area contributed by atoms with Crippen LogP contribution in [-0.2, 0) is 17.5 Å². The number of carbonyl (C=O) groups excluding carboxylic acids is 1. The van der Waals surface area contributed by atoms with E-state index in [0.29, 0.717) is 11.0 Å². The number of benzene rings is 2. The van der Waals surface area contributed by atoms with Crippen LogP contribution >= 0.6 is 12.2 Å². The summed E-state index contributed by atoms with van der Waals surface area (Å²) < 4.78 is 40.1. The van der Waals surface area contributed by atoms with Crippen LogP contribution in [0.4, 0.5) is 18.9 Å². The van der Waals surface area contributed by atoms with Gasteiger partial charge in [0.1, 0.15) is 12.1 Å². The van der Waals surface area contributed by atoms with Gasteiger partial charge < -0.3 is 5.73 Å². The number of hydrogen-bond donors (Lipinski definition) is 2. The second-order valence-electron chi connectivity index (χ2n) is 5.49. The van der Waals surface area contributed by atoms with E-state index in [0.717, 1.165) is 17.1 Å². The summed E-state index contributed by atoms with van der Waals surface area (Å²) in [5.41, 5.74) is 8.28. The molecule has 0 aliphatic heterocycles. The molecule has 2 aromatic carbocycles. The van der Waals surface area contributed by atoms with Crippen LogP contribution in [0.15, 0.2) is 48.5 Å². The molecule has 0 aliphatic carbocycles. The van der Waals surface area contributed by atoms with E-state index in [4.69, 9.17) is 18.0 Å². The zero-order valence-electron chi connectivity index (χ0n) is 13.6. The SMILES string of the molecule is NC(=S)N(NC(=O)Cn1nnc2ccccc21)c1cccc(C(F)(F)F)c1. The fourth-order valence-electron chi connectivity index (χ4n) is 2.40. The Bertz CT molecular complexity index is 1000. The standard InChI is InChI=1S/C16H13F3N6OS/c17-16(18,19)10-4-3-5-11(8-10)25(15(20)27)22-14(26)9-24-13-7-2-1-6-12(13)21-23-24/h1-8H,9H2,(H2,20,27)(H,22,26). The molecule has 0 saturated carbocycles. The number of hydrazine groups is 1. The van der Waals surface area contributed by atoms with Crippen LogP contribution in [0.25, 0.3) is 11.0 Å². The monoisotopic (exact) mass is 394 g/mol. The fraction of sp³-hybridized carbons (Fsp3) is 0.125. The van der Waals surface area contributed by atoms with Crippen molar-refractivity contribution in [3.8, 4) is 0 Å². The van der Waals surface area contributed by atoms with E-state index < -0.39 is 17.6 Å². The summed E-state index contributed by atoms with van der Waals surface area (Å²) >= 11 is 4.85. The van der Waals surface area contributed by atoms with Crippen molar-refractivity contribution < 1.29 is 18.0 Å². The van der Waals surface area contributed by atoms with E-state index in [-0.39, 0.29) is 17.3 Å². The molecule has 7 nitrogen and oxygen atoms in total. The Morgan fingerprint density at radius 1 is 1.22 bits per heavy atom. The van der Waals surface area contributed by atoms with Crippen molar-refractivity contribution in [1.82, 2.24) is 20.4 Å². The highest BCUT2D eigenvalue weighted by Crippen LogP contribution is 2.31. The van der Waals surface area contributed by atoms with Gasteiger partial charge in [0.2, 0.25) is 0 Å². The predicted octanol–water partition coefficient (Wildman–Crippen LogP) is 2.23. The van der Waals surface area contributed by atoms with Crippen LogP contribution in [-0.4, -0.2) is 26.0 Å². The lowest BCUT2D eigenvalue weighted by Crippen LogP contribution is -2.50. The molecule has 0 bridgehead atoms. The van der Waals surface area contributed by atoms with E-state index in [1.54, 1.807) is 24.3 Å². The lowest BCUT2D eigenvalue weighted by molar-refractivity contribution is -0.137. The highest BCUT2D eigenvalue weighted by molar-refractivity contribution is 7.80. The van der Waals surface area contributed by atoms with Gasteiger partial charge in [-0.1, -0.05) is 23.4 Å². The number of nitrogens with one attached hydrogen (secondary N) is 1. The maximum Gasteiger partial charge on any atom is 0.416 e. The number of fused-ring (bicyclic) bond motifs is 1. The molecule has 3 N–H and O–H groups in total. The van der Waals surface area contributed by atoms with Crippen molar-refractivity contribution in [2.45, 2.75) is 12.7 Å². The van der Waals surface area contributed by atoms with Gasteiger partial charge in [-0.3, -0.25) is 10.2 Å². The zero-order chi connectivity index (χ0) is 19.6. The van der Waals surface area contributed by atoms with Crippen molar-refractivity contribution in [1.29, 1.82) is 0 Å². The van der Waals surface area contributed by atoms with Crippen molar-refractivity contribution >= 4 is 40.0 Å². The number of carbonyl (C=O) groups is 1. The Labute approximate surface area is 156 Å². The average Bonchev–Trinajstić information content (AvgIpc) is 3.02. The summed E-state index contributed by atoms with van der Waals surface area (Å²) in [5, 5.41) is 8.40. The second kappa shape index (κ2) is 7.19. The molecule has 140 valence electrons. The third kappa shape index (κ3) is 4.14. The predicted molar refractivity (Wildman–Crippen MR) is 96.4 cm³/mol. The summed E-state index contributed by atoms with van der Waals surface area (Å²) in [5.74, 6) is -0.587. The summed E-state index contributed by atoms with van der Waals surface area (Å²) in [6.45, 7) is -0.224. The van der Waals surface area contributed by atoms with Crippen molar-refractivity contribution in [3.05, 3.63) is 54.1 Å². The van der Waals surface area contributed by atoms with Gasteiger partial charge in [0, 0.05) is 0 Å². The highest BCUT2D eigenvalue weighted by Gasteiger charge is 2.31. The summed E-state index contributed by atoms with van der Waals surface area (Å²) in [4.78, 5) is 12.3. The molecule has 27 heavy (non-hydrogen) atoms. The molecule has 0 fully saturated rings. The van der Waals surface area contributed by atoms with Gasteiger partial charge in [0.15, 0.2) is 5.11 Å². The summed E-state index contributed by atoms with van der Waals surface area (Å²) in [6.07, 6.45) is -4.54. The van der Waals surface area contributed by atoms with E-state index in [2.05, 4.69) is 15.7 Å². The van der Waals surface area contributed by atoms with Crippen LogP contribution in [0, 0.1) is 0 Å². The van der Waals surface area contributed by atoms with Gasteiger partial charge in [-0.15, -0.1) is 5.10 Å². The smallest absolute Gasteiger partial charge is 0.374 e. The average molecular weight is 394 g/mol. The molecule has 0 spiro atoms. The number of para-hydroxylation sites is 1. The first-order chi connectivity index (χ1) is 12.8. The maximum atomic E-state index is 12.9. The van der Waals surface area contributed by atoms with Crippen molar-refractivity contribution in [3.63, 3.8) is 0 Å². The lowest BCUT2D eigenvalue weighted by atomic mass is 10.2. The van der Waals surface area contributed by atoms with Crippen LogP contribution < -0.4 is 16.2 Å². The molecule has 0 atom stereocenters. The minimum Gasteiger partial charge on any atom is -0.374 e. The molecule has 0 radical (unpaired) electrons. The topological polar surface area (TPSA) is 89.1 Å². The zero-order valence-corrected chi connectivity index (χ0v) is 14.5. The first-order valence-corrected chi connectivity index (χ1v) is 8.01. The maximum absolute atomic E-state index is 12.9. The largest absolute Gasteiger partial charge is 0.416 e. The summed E-state index contributed by atoms with van der Waals surface area (Å²) in [6, 6.07) is 11.3. The van der Waals surface area contributed by atoms with Crippen LogP contribution in [0.3, 0.4) is 0 Å². The molecular weight excluding hydrogens is 381 g/mol. The van der Waals surface area contributed by atoms with Crippen LogP contribution in [0.1, 0.15) is 5.56 Å². The Hall–Kier alpha value is -3.21. The Morgan fingerprint density at radius 3 is 2.67 bits per heavy atom. The molecule has 0 unspecified atom stereocenters. The first-order valence-electron chi connectivity index (χ1n) is 7.60. The van der Waals surface area contributed by atoms with E-state index >= 15 is 0 Å². The number of nitrogens with zero attached hydrogens (tertiary/aromatic N) is 4. The molecule has 0 aliphatic rings. The molecule has 1 heterocycles. The number of amides is 1. The highest BCUT2D eigenvalue weighted by atomic mass is 32.1. The van der Waals surface area contributed by atoms with E-state index in [1.165, 1.54) is 16.8 Å². The number of rotatable bonds is 3. The third-order valence-electron chi connectivity index (χ3n) is 3.60. The normalized spacial score (nSPS) is 11.4. The minimum atomic E-state index is -4.54. The number of aromatic nitrogens is 3. The first kappa shape index (κ1) is 18.6. The number of nitrogens with two attached hydrogens (primary N) is 1. The van der Waals surface area contributed by atoms with Gasteiger partial charge in [0.25, 0.3) is 5.91 Å². The number of halogens is 3. The molecular formula is C16H13F3N6OS. The molecule has 1 aromatic heterocycles. The quantitative estimate of drug-likeness (QED) is 0.523. The van der Waals surface area contributed by atoms with Crippen LogP contribution in [0.5, 0.6) is 0 Å². The lowest BCUT2D eigenvalue weighted by Gasteiger charge is -2.24. The van der Waals surface area contributed by atoms with E-state index in [1.807, 2.05) is 0 Å². The van der Waals surface area contributed by atoms with Crippen molar-refractivity contribution in [2.24, 2.45) is 5.73 Å². The third-order valence-corrected chi connectivity index (χ3v) is 3.78. The molecule has 3 aromatic rings. The Kier molecular flexibility index (Phi) is 4.95.